The Morgan fingerprint density at radius 1 is 1.09 bits per heavy atom. The Labute approximate surface area is 147 Å². The number of anilines is 1. The van der Waals surface area contributed by atoms with Crippen LogP contribution in [-0.2, 0) is 6.42 Å². The Kier molecular flexibility index (Phi) is 6.31. The molecule has 0 saturated carbocycles. The highest BCUT2D eigenvalue weighted by Crippen LogP contribution is 2.25. The van der Waals surface area contributed by atoms with Crippen LogP contribution in [0.4, 0.5) is 5.13 Å². The second-order valence-corrected chi connectivity index (χ2v) is 7.99. The standard InChI is InChI=1S/C16H17N3OS3/c1-2-5-13(6-3-1)20-10-12-22-16-19-18-15(23-16)17-9-8-14-7-4-11-21-14/h1-7,11H,8-10,12H2,(H,17,18). The predicted molar refractivity (Wildman–Crippen MR) is 99.1 cm³/mol. The molecule has 120 valence electrons. The van der Waals surface area contributed by atoms with Crippen LogP contribution >= 0.6 is 34.4 Å². The van der Waals surface area contributed by atoms with E-state index in [2.05, 4.69) is 33.0 Å². The molecule has 0 unspecified atom stereocenters. The monoisotopic (exact) mass is 363 g/mol. The van der Waals surface area contributed by atoms with Gasteiger partial charge < -0.3 is 10.1 Å². The molecule has 0 aliphatic carbocycles. The van der Waals surface area contributed by atoms with Gasteiger partial charge in [0.2, 0.25) is 5.13 Å². The van der Waals surface area contributed by atoms with Crippen LogP contribution in [0.2, 0.25) is 0 Å². The normalized spacial score (nSPS) is 10.6. The lowest BCUT2D eigenvalue weighted by Gasteiger charge is -2.03. The lowest BCUT2D eigenvalue weighted by atomic mass is 10.3. The van der Waals surface area contributed by atoms with E-state index in [1.54, 1.807) is 34.4 Å². The Morgan fingerprint density at radius 2 is 2.00 bits per heavy atom. The van der Waals surface area contributed by atoms with Crippen LogP contribution < -0.4 is 10.1 Å². The first-order valence-electron chi connectivity index (χ1n) is 7.30. The Balaban J connectivity index is 1.34. The molecule has 0 fully saturated rings. The van der Waals surface area contributed by atoms with Gasteiger partial charge in [-0.25, -0.2) is 0 Å². The van der Waals surface area contributed by atoms with Gasteiger partial charge in [-0.05, 0) is 30.0 Å². The topological polar surface area (TPSA) is 47.0 Å². The molecule has 0 amide bonds. The molecule has 3 rings (SSSR count). The highest BCUT2D eigenvalue weighted by atomic mass is 32.2. The van der Waals surface area contributed by atoms with E-state index in [9.17, 15) is 0 Å². The summed E-state index contributed by atoms with van der Waals surface area (Å²) in [7, 11) is 0. The summed E-state index contributed by atoms with van der Waals surface area (Å²) < 4.78 is 6.63. The second kappa shape index (κ2) is 8.90. The molecule has 0 bridgehead atoms. The van der Waals surface area contributed by atoms with Gasteiger partial charge in [0, 0.05) is 17.2 Å². The minimum atomic E-state index is 0.662. The first-order valence-corrected chi connectivity index (χ1v) is 9.99. The zero-order valence-corrected chi connectivity index (χ0v) is 14.9. The molecule has 2 heterocycles. The van der Waals surface area contributed by atoms with Crippen molar-refractivity contribution in [2.45, 2.75) is 10.8 Å². The van der Waals surface area contributed by atoms with E-state index in [1.165, 1.54) is 4.88 Å². The van der Waals surface area contributed by atoms with Crippen molar-refractivity contribution >= 4 is 39.6 Å². The number of benzene rings is 1. The number of ether oxygens (including phenoxy) is 1. The predicted octanol–water partition coefficient (Wildman–Crippen LogP) is 4.43. The highest BCUT2D eigenvalue weighted by Gasteiger charge is 2.04. The molecule has 1 aromatic carbocycles. The Morgan fingerprint density at radius 3 is 2.83 bits per heavy atom. The molecule has 2 aromatic heterocycles. The average molecular weight is 364 g/mol. The number of thioether (sulfide) groups is 1. The van der Waals surface area contributed by atoms with Crippen LogP contribution in [0.3, 0.4) is 0 Å². The number of para-hydroxylation sites is 1. The fourth-order valence-corrected chi connectivity index (χ4v) is 4.27. The number of aromatic nitrogens is 2. The maximum atomic E-state index is 5.66. The van der Waals surface area contributed by atoms with Gasteiger partial charge in [-0.15, -0.1) is 21.5 Å². The van der Waals surface area contributed by atoms with Crippen LogP contribution in [0.25, 0.3) is 0 Å². The Hall–Kier alpha value is -1.57. The van der Waals surface area contributed by atoms with Crippen molar-refractivity contribution < 1.29 is 4.74 Å². The summed E-state index contributed by atoms with van der Waals surface area (Å²) in [6.07, 6.45) is 1.02. The SMILES string of the molecule is c1ccc(OCCSc2nnc(NCCc3cccs3)s2)cc1. The zero-order valence-electron chi connectivity index (χ0n) is 12.5. The van der Waals surface area contributed by atoms with Gasteiger partial charge in [-0.2, -0.15) is 0 Å². The maximum absolute atomic E-state index is 5.66. The smallest absolute Gasteiger partial charge is 0.206 e. The summed E-state index contributed by atoms with van der Waals surface area (Å²) in [6.45, 7) is 1.55. The molecule has 0 atom stereocenters. The van der Waals surface area contributed by atoms with Crippen LogP contribution in [0.15, 0.2) is 52.2 Å². The highest BCUT2D eigenvalue weighted by molar-refractivity contribution is 8.01. The number of hydrogen-bond acceptors (Lipinski definition) is 7. The maximum Gasteiger partial charge on any atom is 0.206 e. The van der Waals surface area contributed by atoms with E-state index >= 15 is 0 Å². The molecule has 4 nitrogen and oxygen atoms in total. The largest absolute Gasteiger partial charge is 0.493 e. The lowest BCUT2D eigenvalue weighted by molar-refractivity contribution is 0.344. The number of hydrogen-bond donors (Lipinski definition) is 1. The number of thiophene rings is 1. The molecular formula is C16H17N3OS3. The van der Waals surface area contributed by atoms with Crippen LogP contribution in [-0.4, -0.2) is 29.1 Å². The quantitative estimate of drug-likeness (QED) is 0.450. The third kappa shape index (κ3) is 5.53. The molecule has 0 aliphatic rings. The number of nitrogens with one attached hydrogen (secondary N) is 1. The van der Waals surface area contributed by atoms with Crippen molar-refractivity contribution in [1.82, 2.24) is 10.2 Å². The minimum absolute atomic E-state index is 0.662. The van der Waals surface area contributed by atoms with E-state index < -0.39 is 0 Å². The lowest BCUT2D eigenvalue weighted by Crippen LogP contribution is -2.03. The van der Waals surface area contributed by atoms with Crippen LogP contribution in [0.1, 0.15) is 4.88 Å². The third-order valence-electron chi connectivity index (χ3n) is 2.95. The zero-order chi connectivity index (χ0) is 15.7. The molecule has 23 heavy (non-hydrogen) atoms. The van der Waals surface area contributed by atoms with Crippen molar-refractivity contribution in [2.24, 2.45) is 0 Å². The van der Waals surface area contributed by atoms with Crippen molar-refractivity contribution in [3.05, 3.63) is 52.7 Å². The molecule has 0 saturated heterocycles. The summed E-state index contributed by atoms with van der Waals surface area (Å²) in [4.78, 5) is 1.38. The van der Waals surface area contributed by atoms with Crippen LogP contribution in [0.5, 0.6) is 5.75 Å². The summed E-state index contributed by atoms with van der Waals surface area (Å²) >= 11 is 5.05. The van der Waals surface area contributed by atoms with Gasteiger partial charge in [0.25, 0.3) is 0 Å². The Bertz CT molecular complexity index is 686. The number of rotatable bonds is 9. The number of nitrogens with zero attached hydrogens (tertiary/aromatic N) is 2. The van der Waals surface area contributed by atoms with E-state index in [0.717, 1.165) is 33.9 Å². The van der Waals surface area contributed by atoms with Crippen molar-refractivity contribution in [2.75, 3.05) is 24.2 Å². The van der Waals surface area contributed by atoms with Gasteiger partial charge in [-0.1, -0.05) is 47.4 Å². The van der Waals surface area contributed by atoms with E-state index in [-0.39, 0.29) is 0 Å². The van der Waals surface area contributed by atoms with Gasteiger partial charge >= 0.3 is 0 Å². The van der Waals surface area contributed by atoms with Gasteiger partial charge in [0.1, 0.15) is 5.75 Å². The first-order chi connectivity index (χ1) is 11.4. The van der Waals surface area contributed by atoms with Gasteiger partial charge in [-0.3, -0.25) is 0 Å². The summed E-state index contributed by atoms with van der Waals surface area (Å²) in [6, 6.07) is 14.1. The van der Waals surface area contributed by atoms with Gasteiger partial charge in [0.05, 0.1) is 6.61 Å². The van der Waals surface area contributed by atoms with Crippen molar-refractivity contribution in [1.29, 1.82) is 0 Å². The summed E-state index contributed by atoms with van der Waals surface area (Å²) in [5, 5.41) is 14.7. The molecule has 0 radical (unpaired) electrons. The molecule has 7 heteroatoms. The fourth-order valence-electron chi connectivity index (χ4n) is 1.89. The van der Waals surface area contributed by atoms with Crippen molar-refractivity contribution in [3.8, 4) is 5.75 Å². The fraction of sp³-hybridized carbons (Fsp3) is 0.250. The first kappa shape index (κ1) is 16.3. The van der Waals surface area contributed by atoms with Crippen molar-refractivity contribution in [3.63, 3.8) is 0 Å². The summed E-state index contributed by atoms with van der Waals surface area (Å²) in [5.74, 6) is 1.76. The molecule has 1 N–H and O–H groups in total. The van der Waals surface area contributed by atoms with E-state index in [4.69, 9.17) is 4.74 Å². The second-order valence-electron chi connectivity index (χ2n) is 4.64. The van der Waals surface area contributed by atoms with E-state index in [1.807, 2.05) is 30.3 Å². The molecule has 3 aromatic rings. The third-order valence-corrected chi connectivity index (χ3v) is 5.87. The molecule has 0 aliphatic heterocycles. The van der Waals surface area contributed by atoms with Gasteiger partial charge in [0.15, 0.2) is 4.34 Å². The average Bonchev–Trinajstić information content (AvgIpc) is 3.25. The molecular weight excluding hydrogens is 346 g/mol. The molecule has 0 spiro atoms. The summed E-state index contributed by atoms with van der Waals surface area (Å²) in [5.41, 5.74) is 0. The van der Waals surface area contributed by atoms with E-state index in [0.29, 0.717) is 6.61 Å². The minimum Gasteiger partial charge on any atom is -0.493 e. The van der Waals surface area contributed by atoms with Crippen LogP contribution in [0, 0.1) is 0 Å².